The van der Waals surface area contributed by atoms with Crippen LogP contribution in [0, 0.1) is 23.7 Å². The van der Waals surface area contributed by atoms with Crippen molar-refractivity contribution in [3.05, 3.63) is 20.9 Å². The van der Waals surface area contributed by atoms with Crippen molar-refractivity contribution in [3.63, 3.8) is 0 Å². The molecule has 0 radical (unpaired) electrons. The van der Waals surface area contributed by atoms with Crippen molar-refractivity contribution in [3.8, 4) is 0 Å². The fourth-order valence-corrected chi connectivity index (χ4v) is 6.09. The minimum Gasteiger partial charge on any atom is -0.352 e. The summed E-state index contributed by atoms with van der Waals surface area (Å²) in [4.78, 5) is 27.8. The molecule has 3 nitrogen and oxygen atoms in total. The van der Waals surface area contributed by atoms with Gasteiger partial charge in [-0.2, -0.15) is 0 Å². The van der Waals surface area contributed by atoms with Crippen molar-refractivity contribution in [2.24, 2.45) is 23.7 Å². The van der Waals surface area contributed by atoms with Gasteiger partial charge in [-0.1, -0.05) is 27.2 Å². The standard InChI is InChI=1S/C22H31NO2S/c1-4-12(2)16-9-15(16)11-23-22(25)21-19(10-17(24)14-6-7-14)26-18-8-5-13(3)20(18)21/h12-16H,4-11H2,1-3H3,(H,23,25)/t12-,13?,15?,16?/m0/s1. The summed E-state index contributed by atoms with van der Waals surface area (Å²) in [5, 5.41) is 3.22. The summed E-state index contributed by atoms with van der Waals surface area (Å²) in [6, 6.07) is 0. The van der Waals surface area contributed by atoms with Crippen molar-refractivity contribution in [1.29, 1.82) is 0 Å². The maximum absolute atomic E-state index is 13.1. The van der Waals surface area contributed by atoms with E-state index < -0.39 is 0 Å². The van der Waals surface area contributed by atoms with Gasteiger partial charge in [-0.05, 0) is 61.3 Å². The molecule has 4 rings (SSSR count). The number of fused-ring (bicyclic) bond motifs is 1. The molecule has 2 fully saturated rings. The molecule has 4 atom stereocenters. The van der Waals surface area contributed by atoms with E-state index in [1.165, 1.54) is 23.3 Å². The Labute approximate surface area is 160 Å². The Balaban J connectivity index is 1.47. The molecule has 3 unspecified atom stereocenters. The Morgan fingerprint density at radius 2 is 2.04 bits per heavy atom. The minimum absolute atomic E-state index is 0.0737. The minimum atomic E-state index is 0.0737. The average molecular weight is 374 g/mol. The van der Waals surface area contributed by atoms with E-state index in [9.17, 15) is 9.59 Å². The van der Waals surface area contributed by atoms with E-state index in [4.69, 9.17) is 0 Å². The fourth-order valence-electron chi connectivity index (χ4n) is 4.64. The molecule has 1 aromatic rings. The fraction of sp³-hybridized carbons (Fsp3) is 0.727. The van der Waals surface area contributed by atoms with E-state index in [0.717, 1.165) is 54.5 Å². The van der Waals surface area contributed by atoms with Crippen molar-refractivity contribution >= 4 is 23.0 Å². The Bertz CT molecular complexity index is 718. The summed E-state index contributed by atoms with van der Waals surface area (Å²) in [5.41, 5.74) is 2.12. The zero-order chi connectivity index (χ0) is 18.4. The van der Waals surface area contributed by atoms with E-state index in [1.807, 2.05) is 0 Å². The highest BCUT2D eigenvalue weighted by atomic mass is 32.1. The Morgan fingerprint density at radius 1 is 1.27 bits per heavy atom. The highest BCUT2D eigenvalue weighted by Crippen LogP contribution is 2.46. The van der Waals surface area contributed by atoms with Crippen molar-refractivity contribution < 1.29 is 9.59 Å². The molecule has 1 aromatic heterocycles. The van der Waals surface area contributed by atoms with Gasteiger partial charge < -0.3 is 5.32 Å². The number of Topliss-reactive ketones (excluding diaryl/α,β-unsaturated/α-hetero) is 1. The zero-order valence-electron chi connectivity index (χ0n) is 16.3. The van der Waals surface area contributed by atoms with Crippen molar-refractivity contribution in [1.82, 2.24) is 5.32 Å². The molecule has 0 spiro atoms. The molecule has 1 N–H and O–H groups in total. The van der Waals surface area contributed by atoms with Gasteiger partial charge in [0.25, 0.3) is 5.91 Å². The first-order valence-corrected chi connectivity index (χ1v) is 11.3. The first-order valence-electron chi connectivity index (χ1n) is 10.4. The second-order valence-electron chi connectivity index (χ2n) is 8.85. The van der Waals surface area contributed by atoms with Gasteiger partial charge in [-0.3, -0.25) is 9.59 Å². The monoisotopic (exact) mass is 373 g/mol. The van der Waals surface area contributed by atoms with Gasteiger partial charge in [-0.15, -0.1) is 11.3 Å². The van der Waals surface area contributed by atoms with Gasteiger partial charge in [0.15, 0.2) is 0 Å². The number of rotatable bonds is 8. The second kappa shape index (κ2) is 7.10. The van der Waals surface area contributed by atoms with Crippen LogP contribution >= 0.6 is 11.3 Å². The lowest BCUT2D eigenvalue weighted by Gasteiger charge is -2.12. The van der Waals surface area contributed by atoms with Gasteiger partial charge in [0.2, 0.25) is 0 Å². The first-order chi connectivity index (χ1) is 12.5. The summed E-state index contributed by atoms with van der Waals surface area (Å²) in [6.07, 6.45) is 7.23. The zero-order valence-corrected chi connectivity index (χ0v) is 17.1. The lowest BCUT2D eigenvalue weighted by molar-refractivity contribution is -0.119. The van der Waals surface area contributed by atoms with E-state index in [2.05, 4.69) is 26.1 Å². The van der Waals surface area contributed by atoms with Crippen molar-refractivity contribution in [2.75, 3.05) is 6.54 Å². The number of carbonyl (C=O) groups excluding carboxylic acids is 2. The van der Waals surface area contributed by atoms with E-state index in [0.29, 0.717) is 24.0 Å². The molecule has 26 heavy (non-hydrogen) atoms. The Kier molecular flexibility index (Phi) is 4.98. The number of amides is 1. The van der Waals surface area contributed by atoms with Gasteiger partial charge in [-0.25, -0.2) is 0 Å². The molecular weight excluding hydrogens is 342 g/mol. The molecule has 0 bridgehead atoms. The predicted molar refractivity (Wildman–Crippen MR) is 106 cm³/mol. The van der Waals surface area contributed by atoms with Crippen LogP contribution in [0.2, 0.25) is 0 Å². The quantitative estimate of drug-likeness (QED) is 0.716. The molecule has 142 valence electrons. The smallest absolute Gasteiger partial charge is 0.252 e. The summed E-state index contributed by atoms with van der Waals surface area (Å²) in [5.74, 6) is 3.31. The third-order valence-electron chi connectivity index (χ3n) is 6.86. The second-order valence-corrected chi connectivity index (χ2v) is 10.0. The number of hydrogen-bond donors (Lipinski definition) is 1. The van der Waals surface area contributed by atoms with E-state index >= 15 is 0 Å². The van der Waals surface area contributed by atoms with Crippen molar-refractivity contribution in [2.45, 2.75) is 71.6 Å². The largest absolute Gasteiger partial charge is 0.352 e. The summed E-state index contributed by atoms with van der Waals surface area (Å²) in [7, 11) is 0. The molecule has 0 aromatic carbocycles. The molecule has 0 aliphatic heterocycles. The average Bonchev–Trinajstić information content (AvgIpc) is 3.53. The van der Waals surface area contributed by atoms with Crippen LogP contribution in [0.25, 0.3) is 0 Å². The normalized spacial score (nSPS) is 27.9. The van der Waals surface area contributed by atoms with E-state index in [1.54, 1.807) is 11.3 Å². The maximum Gasteiger partial charge on any atom is 0.252 e. The third kappa shape index (κ3) is 3.49. The molecule has 1 amide bonds. The predicted octanol–water partition coefficient (Wildman–Crippen LogP) is 4.73. The first kappa shape index (κ1) is 18.2. The number of aryl methyl sites for hydroxylation is 1. The van der Waals surface area contributed by atoms with Gasteiger partial charge in [0.1, 0.15) is 5.78 Å². The summed E-state index contributed by atoms with van der Waals surface area (Å²) < 4.78 is 0. The Hall–Kier alpha value is -1.16. The van der Waals surface area contributed by atoms with Crippen LogP contribution in [0.5, 0.6) is 0 Å². The van der Waals surface area contributed by atoms with Gasteiger partial charge in [0, 0.05) is 28.6 Å². The third-order valence-corrected chi connectivity index (χ3v) is 8.13. The summed E-state index contributed by atoms with van der Waals surface area (Å²) in [6.45, 7) is 7.59. The number of hydrogen-bond acceptors (Lipinski definition) is 3. The molecule has 1 heterocycles. The van der Waals surface area contributed by atoms with Crippen LogP contribution in [0.3, 0.4) is 0 Å². The number of ketones is 1. The lowest BCUT2D eigenvalue weighted by Crippen LogP contribution is -2.28. The van der Waals surface area contributed by atoms with Crippen LogP contribution in [-0.4, -0.2) is 18.2 Å². The lowest BCUT2D eigenvalue weighted by atomic mass is 9.97. The van der Waals surface area contributed by atoms with E-state index in [-0.39, 0.29) is 11.8 Å². The molecule has 3 aliphatic rings. The molecule has 4 heteroatoms. The molecule has 3 aliphatic carbocycles. The van der Waals surface area contributed by atoms with Crippen LogP contribution in [0.1, 0.15) is 84.5 Å². The highest BCUT2D eigenvalue weighted by molar-refractivity contribution is 7.12. The van der Waals surface area contributed by atoms with Gasteiger partial charge in [0.05, 0.1) is 5.56 Å². The highest BCUT2D eigenvalue weighted by Gasteiger charge is 2.40. The molecular formula is C22H31NO2S. The van der Waals surface area contributed by atoms with Crippen LogP contribution < -0.4 is 5.32 Å². The molecule has 2 saturated carbocycles. The maximum atomic E-state index is 13.1. The summed E-state index contributed by atoms with van der Waals surface area (Å²) >= 11 is 1.73. The van der Waals surface area contributed by atoms with Crippen LogP contribution in [-0.2, 0) is 17.6 Å². The van der Waals surface area contributed by atoms with Crippen LogP contribution in [0.15, 0.2) is 0 Å². The SMILES string of the molecule is CC[C@H](C)C1CC1CNC(=O)c1c(CC(=O)C2CC2)sc2c1C(C)CC2. The number of thiophene rings is 1. The number of nitrogens with one attached hydrogen (secondary N) is 1. The van der Waals surface area contributed by atoms with Gasteiger partial charge >= 0.3 is 0 Å². The Morgan fingerprint density at radius 3 is 2.73 bits per heavy atom. The molecule has 0 saturated heterocycles. The van der Waals surface area contributed by atoms with Crippen LogP contribution in [0.4, 0.5) is 0 Å². The number of carbonyl (C=O) groups is 2. The topological polar surface area (TPSA) is 46.2 Å².